The van der Waals surface area contributed by atoms with Crippen molar-refractivity contribution in [3.05, 3.63) is 39.9 Å². The fourth-order valence-corrected chi connectivity index (χ4v) is 2.47. The Morgan fingerprint density at radius 1 is 1.25 bits per heavy atom. The Labute approximate surface area is 126 Å². The summed E-state index contributed by atoms with van der Waals surface area (Å²) in [4.78, 5) is 12.2. The molecule has 0 saturated heterocycles. The predicted molar refractivity (Wildman–Crippen MR) is 81.6 cm³/mol. The van der Waals surface area contributed by atoms with E-state index >= 15 is 0 Å². The molecule has 0 unspecified atom stereocenters. The SMILES string of the molecule is CCn1ncc(C(=O)/C=C/c2c(Br)cnn2CC)c1C. The highest BCUT2D eigenvalue weighted by molar-refractivity contribution is 9.10. The lowest BCUT2D eigenvalue weighted by molar-refractivity contribution is 0.104. The third-order valence-corrected chi connectivity index (χ3v) is 3.80. The highest BCUT2D eigenvalue weighted by Gasteiger charge is 2.11. The van der Waals surface area contributed by atoms with E-state index in [-0.39, 0.29) is 5.78 Å². The summed E-state index contributed by atoms with van der Waals surface area (Å²) < 4.78 is 4.52. The Morgan fingerprint density at radius 2 is 1.90 bits per heavy atom. The minimum absolute atomic E-state index is 0.0436. The fourth-order valence-electron chi connectivity index (χ4n) is 2.04. The van der Waals surface area contributed by atoms with Crippen LogP contribution in [0, 0.1) is 6.92 Å². The topological polar surface area (TPSA) is 52.7 Å². The largest absolute Gasteiger partial charge is 0.289 e. The van der Waals surface area contributed by atoms with Crippen LogP contribution >= 0.6 is 15.9 Å². The molecule has 0 aliphatic rings. The Kier molecular flexibility index (Phi) is 4.54. The third-order valence-electron chi connectivity index (χ3n) is 3.19. The van der Waals surface area contributed by atoms with E-state index in [2.05, 4.69) is 26.1 Å². The molecular formula is C14H17BrN4O. The zero-order valence-corrected chi connectivity index (χ0v) is 13.4. The highest BCUT2D eigenvalue weighted by atomic mass is 79.9. The Bertz CT molecular complexity index is 654. The number of rotatable bonds is 5. The van der Waals surface area contributed by atoms with Crippen molar-refractivity contribution in [1.82, 2.24) is 19.6 Å². The van der Waals surface area contributed by atoms with Crippen LogP contribution in [0.25, 0.3) is 6.08 Å². The minimum atomic E-state index is -0.0436. The molecule has 0 spiro atoms. The number of allylic oxidation sites excluding steroid dienone is 1. The summed E-state index contributed by atoms with van der Waals surface area (Å²) in [7, 11) is 0. The van der Waals surface area contributed by atoms with Crippen LogP contribution in [0.5, 0.6) is 0 Å². The first kappa shape index (κ1) is 14.7. The average molecular weight is 337 g/mol. The van der Waals surface area contributed by atoms with Crippen molar-refractivity contribution < 1.29 is 4.79 Å². The lowest BCUT2D eigenvalue weighted by Crippen LogP contribution is -2.02. The normalized spacial score (nSPS) is 11.4. The molecule has 20 heavy (non-hydrogen) atoms. The van der Waals surface area contributed by atoms with Crippen molar-refractivity contribution in [3.63, 3.8) is 0 Å². The second-order valence-electron chi connectivity index (χ2n) is 4.35. The van der Waals surface area contributed by atoms with Gasteiger partial charge in [0.2, 0.25) is 0 Å². The molecule has 0 atom stereocenters. The maximum Gasteiger partial charge on any atom is 0.189 e. The number of hydrogen-bond donors (Lipinski definition) is 0. The summed E-state index contributed by atoms with van der Waals surface area (Å²) in [5, 5.41) is 8.40. The molecule has 0 bridgehead atoms. The van der Waals surface area contributed by atoms with Crippen LogP contribution < -0.4 is 0 Å². The third kappa shape index (κ3) is 2.75. The molecule has 5 nitrogen and oxygen atoms in total. The van der Waals surface area contributed by atoms with Gasteiger partial charge in [-0.15, -0.1) is 0 Å². The smallest absolute Gasteiger partial charge is 0.189 e. The van der Waals surface area contributed by atoms with Crippen molar-refractivity contribution in [2.24, 2.45) is 0 Å². The van der Waals surface area contributed by atoms with Crippen molar-refractivity contribution in [3.8, 4) is 0 Å². The standard InChI is InChI=1S/C14H17BrN4O/c1-4-18-10(3)11(8-16-18)14(20)7-6-13-12(15)9-17-19(13)5-2/h6-9H,4-5H2,1-3H3/b7-6+. The van der Waals surface area contributed by atoms with Crippen molar-refractivity contribution >= 4 is 27.8 Å². The molecule has 0 saturated carbocycles. The number of aryl methyl sites for hydroxylation is 2. The number of halogens is 1. The molecule has 2 aromatic rings. The molecule has 0 N–H and O–H groups in total. The molecule has 0 aliphatic carbocycles. The molecule has 2 aromatic heterocycles. The molecule has 0 aromatic carbocycles. The number of carbonyl (C=O) groups is 1. The van der Waals surface area contributed by atoms with Gasteiger partial charge in [-0.1, -0.05) is 0 Å². The quantitative estimate of drug-likeness (QED) is 0.622. The van der Waals surface area contributed by atoms with Gasteiger partial charge in [0.1, 0.15) is 0 Å². The van der Waals surface area contributed by atoms with Crippen LogP contribution in [0.3, 0.4) is 0 Å². The molecule has 2 heterocycles. The molecule has 0 aliphatic heterocycles. The monoisotopic (exact) mass is 336 g/mol. The van der Waals surface area contributed by atoms with Gasteiger partial charge in [0.15, 0.2) is 5.78 Å². The number of carbonyl (C=O) groups excluding carboxylic acids is 1. The molecule has 0 fully saturated rings. The van der Waals surface area contributed by atoms with E-state index in [9.17, 15) is 4.79 Å². The van der Waals surface area contributed by atoms with Gasteiger partial charge in [0.25, 0.3) is 0 Å². The first-order valence-corrected chi connectivity index (χ1v) is 7.33. The van der Waals surface area contributed by atoms with E-state index in [1.165, 1.54) is 0 Å². The number of ketones is 1. The van der Waals surface area contributed by atoms with Crippen molar-refractivity contribution in [2.45, 2.75) is 33.9 Å². The predicted octanol–water partition coefficient (Wildman–Crippen LogP) is 3.09. The second kappa shape index (κ2) is 6.17. The molecule has 0 amide bonds. The summed E-state index contributed by atoms with van der Waals surface area (Å²) in [5.74, 6) is -0.0436. The Balaban J connectivity index is 2.24. The van der Waals surface area contributed by atoms with E-state index in [4.69, 9.17) is 0 Å². The van der Waals surface area contributed by atoms with Crippen LogP contribution in [-0.4, -0.2) is 25.3 Å². The minimum Gasteiger partial charge on any atom is -0.289 e. The molecule has 106 valence electrons. The van der Waals surface area contributed by atoms with E-state index in [0.717, 1.165) is 29.0 Å². The maximum absolute atomic E-state index is 12.2. The van der Waals surface area contributed by atoms with Gasteiger partial charge in [-0.3, -0.25) is 14.2 Å². The number of nitrogens with zero attached hydrogens (tertiary/aromatic N) is 4. The van der Waals surface area contributed by atoms with Gasteiger partial charge in [-0.2, -0.15) is 10.2 Å². The summed E-state index contributed by atoms with van der Waals surface area (Å²) in [5.41, 5.74) is 2.42. The van der Waals surface area contributed by atoms with E-state index in [0.29, 0.717) is 5.56 Å². The number of aromatic nitrogens is 4. The zero-order chi connectivity index (χ0) is 14.7. The van der Waals surface area contributed by atoms with Crippen LogP contribution in [0.4, 0.5) is 0 Å². The lowest BCUT2D eigenvalue weighted by Gasteiger charge is -2.01. The summed E-state index contributed by atoms with van der Waals surface area (Å²) in [6.07, 6.45) is 6.70. The van der Waals surface area contributed by atoms with Gasteiger partial charge in [0.05, 0.1) is 28.1 Å². The fraction of sp³-hybridized carbons (Fsp3) is 0.357. The lowest BCUT2D eigenvalue weighted by atomic mass is 10.1. The molecular weight excluding hydrogens is 320 g/mol. The van der Waals surface area contributed by atoms with Gasteiger partial charge in [-0.05, 0) is 48.9 Å². The Morgan fingerprint density at radius 3 is 2.50 bits per heavy atom. The average Bonchev–Trinajstić information content (AvgIpc) is 2.99. The van der Waals surface area contributed by atoms with Crippen molar-refractivity contribution in [1.29, 1.82) is 0 Å². The second-order valence-corrected chi connectivity index (χ2v) is 5.20. The van der Waals surface area contributed by atoms with E-state index < -0.39 is 0 Å². The van der Waals surface area contributed by atoms with Crippen LogP contribution in [0.1, 0.15) is 35.6 Å². The van der Waals surface area contributed by atoms with Gasteiger partial charge in [0, 0.05) is 18.8 Å². The molecule has 2 rings (SSSR count). The molecule has 0 radical (unpaired) electrons. The molecule has 6 heteroatoms. The van der Waals surface area contributed by atoms with Crippen LogP contribution in [0.2, 0.25) is 0 Å². The zero-order valence-electron chi connectivity index (χ0n) is 11.8. The maximum atomic E-state index is 12.2. The summed E-state index contributed by atoms with van der Waals surface area (Å²) in [6.45, 7) is 7.43. The first-order valence-electron chi connectivity index (χ1n) is 6.54. The number of hydrogen-bond acceptors (Lipinski definition) is 3. The Hall–Kier alpha value is -1.69. The summed E-state index contributed by atoms with van der Waals surface area (Å²) in [6, 6.07) is 0. The van der Waals surface area contributed by atoms with Crippen LogP contribution in [-0.2, 0) is 13.1 Å². The van der Waals surface area contributed by atoms with Gasteiger partial charge in [-0.25, -0.2) is 0 Å². The first-order chi connectivity index (χ1) is 9.58. The van der Waals surface area contributed by atoms with E-state index in [1.807, 2.05) is 30.1 Å². The van der Waals surface area contributed by atoms with E-state index in [1.54, 1.807) is 24.5 Å². The van der Waals surface area contributed by atoms with Crippen LogP contribution in [0.15, 0.2) is 22.9 Å². The summed E-state index contributed by atoms with van der Waals surface area (Å²) >= 11 is 3.43. The highest BCUT2D eigenvalue weighted by Crippen LogP contribution is 2.18. The van der Waals surface area contributed by atoms with Gasteiger partial charge >= 0.3 is 0 Å². The van der Waals surface area contributed by atoms with Crippen molar-refractivity contribution in [2.75, 3.05) is 0 Å². The van der Waals surface area contributed by atoms with Gasteiger partial charge < -0.3 is 0 Å².